The Morgan fingerprint density at radius 2 is 1.95 bits per heavy atom. The number of nitrogens with zero attached hydrogens (tertiary/aromatic N) is 1. The van der Waals surface area contributed by atoms with Crippen LogP contribution in [0.1, 0.15) is 26.7 Å². The van der Waals surface area contributed by atoms with Gasteiger partial charge in [0.05, 0.1) is 7.11 Å². The zero-order valence-electron chi connectivity index (χ0n) is 13.3. The van der Waals surface area contributed by atoms with Crippen LogP contribution in [0.2, 0.25) is 0 Å². The number of hydrogen-bond acceptors (Lipinski definition) is 3. The lowest BCUT2D eigenvalue weighted by molar-refractivity contribution is -0.125. The van der Waals surface area contributed by atoms with Gasteiger partial charge in [0.2, 0.25) is 5.91 Å². The molecule has 0 radical (unpaired) electrons. The first-order valence-electron chi connectivity index (χ1n) is 7.53. The summed E-state index contributed by atoms with van der Waals surface area (Å²) in [6.07, 6.45) is 1.54. The number of benzene rings is 1. The molecule has 6 nitrogen and oxygen atoms in total. The Morgan fingerprint density at radius 3 is 2.55 bits per heavy atom. The van der Waals surface area contributed by atoms with E-state index in [9.17, 15) is 9.59 Å². The van der Waals surface area contributed by atoms with Gasteiger partial charge in [-0.1, -0.05) is 0 Å². The van der Waals surface area contributed by atoms with Crippen molar-refractivity contribution in [2.75, 3.05) is 19.0 Å². The van der Waals surface area contributed by atoms with Gasteiger partial charge in [-0.2, -0.15) is 0 Å². The zero-order chi connectivity index (χ0) is 16.1. The molecule has 1 aliphatic heterocycles. The number of likely N-dealkylation sites (tertiary alicyclic amines) is 1. The van der Waals surface area contributed by atoms with Crippen LogP contribution in [0, 0.1) is 0 Å². The van der Waals surface area contributed by atoms with Gasteiger partial charge in [0.15, 0.2) is 0 Å². The normalized spacial score (nSPS) is 17.5. The lowest BCUT2D eigenvalue weighted by atomic mass is 10.2. The number of carbonyl (C=O) groups is 2. The highest BCUT2D eigenvalue weighted by molar-refractivity contribution is 5.94. The number of ether oxygens (including phenoxy) is 1. The molecule has 1 aromatic carbocycles. The Hall–Kier alpha value is -2.24. The van der Waals surface area contributed by atoms with Crippen molar-refractivity contribution in [1.29, 1.82) is 0 Å². The number of hydrogen-bond donors (Lipinski definition) is 2. The molecule has 120 valence electrons. The quantitative estimate of drug-likeness (QED) is 0.896. The maximum atomic E-state index is 12.4. The highest BCUT2D eigenvalue weighted by Crippen LogP contribution is 2.20. The summed E-state index contributed by atoms with van der Waals surface area (Å²) in [6, 6.07) is 6.55. The molecule has 2 rings (SSSR count). The van der Waals surface area contributed by atoms with Gasteiger partial charge in [-0.05, 0) is 51.0 Å². The molecule has 0 aliphatic carbocycles. The van der Waals surface area contributed by atoms with Gasteiger partial charge in [-0.3, -0.25) is 4.79 Å². The van der Waals surface area contributed by atoms with E-state index in [1.54, 1.807) is 36.3 Å². The molecule has 1 fully saturated rings. The number of nitrogens with one attached hydrogen (secondary N) is 2. The molecule has 1 atom stereocenters. The van der Waals surface area contributed by atoms with E-state index in [-0.39, 0.29) is 24.0 Å². The van der Waals surface area contributed by atoms with Crippen LogP contribution in [0.3, 0.4) is 0 Å². The van der Waals surface area contributed by atoms with Gasteiger partial charge in [-0.25, -0.2) is 4.79 Å². The van der Waals surface area contributed by atoms with Gasteiger partial charge in [0.1, 0.15) is 11.8 Å². The monoisotopic (exact) mass is 305 g/mol. The first-order chi connectivity index (χ1) is 10.5. The van der Waals surface area contributed by atoms with Crippen molar-refractivity contribution in [3.05, 3.63) is 24.3 Å². The zero-order valence-corrected chi connectivity index (χ0v) is 13.3. The summed E-state index contributed by atoms with van der Waals surface area (Å²) >= 11 is 0. The Morgan fingerprint density at radius 1 is 1.27 bits per heavy atom. The van der Waals surface area contributed by atoms with Crippen molar-refractivity contribution in [1.82, 2.24) is 10.2 Å². The van der Waals surface area contributed by atoms with E-state index in [0.29, 0.717) is 18.7 Å². The number of methoxy groups -OCH3 is 1. The van der Waals surface area contributed by atoms with Gasteiger partial charge >= 0.3 is 6.03 Å². The number of rotatable bonds is 4. The van der Waals surface area contributed by atoms with Crippen LogP contribution in [0.4, 0.5) is 10.5 Å². The molecule has 22 heavy (non-hydrogen) atoms. The Bertz CT molecular complexity index is 528. The van der Waals surface area contributed by atoms with E-state index in [2.05, 4.69) is 10.6 Å². The smallest absolute Gasteiger partial charge is 0.322 e. The van der Waals surface area contributed by atoms with E-state index in [1.165, 1.54) is 0 Å². The fourth-order valence-electron chi connectivity index (χ4n) is 2.53. The average molecular weight is 305 g/mol. The molecule has 1 aromatic rings. The Balaban J connectivity index is 1.99. The molecule has 0 saturated carbocycles. The third-order valence-corrected chi connectivity index (χ3v) is 3.59. The predicted octanol–water partition coefficient (Wildman–Crippen LogP) is 2.22. The van der Waals surface area contributed by atoms with E-state index in [4.69, 9.17) is 4.74 Å². The summed E-state index contributed by atoms with van der Waals surface area (Å²) in [4.78, 5) is 26.1. The van der Waals surface area contributed by atoms with E-state index >= 15 is 0 Å². The number of anilines is 1. The molecule has 2 N–H and O–H groups in total. The van der Waals surface area contributed by atoms with Crippen LogP contribution in [0.25, 0.3) is 0 Å². The molecule has 3 amide bonds. The summed E-state index contributed by atoms with van der Waals surface area (Å²) < 4.78 is 5.08. The van der Waals surface area contributed by atoms with E-state index in [0.717, 1.165) is 12.2 Å². The second-order valence-electron chi connectivity index (χ2n) is 5.67. The molecule has 0 bridgehead atoms. The predicted molar refractivity (Wildman–Crippen MR) is 85.0 cm³/mol. The SMILES string of the molecule is COc1ccc(NC(=O)N2CCC[C@H]2C(=O)NC(C)C)cc1. The van der Waals surface area contributed by atoms with Gasteiger partial charge in [0, 0.05) is 18.3 Å². The molecular formula is C16H23N3O3. The topological polar surface area (TPSA) is 70.7 Å². The standard InChI is InChI=1S/C16H23N3O3/c1-11(2)17-15(20)14-5-4-10-19(14)16(21)18-12-6-8-13(22-3)9-7-12/h6-9,11,14H,4-5,10H2,1-3H3,(H,17,20)(H,18,21)/t14-/m0/s1. The first-order valence-corrected chi connectivity index (χ1v) is 7.53. The summed E-state index contributed by atoms with van der Waals surface area (Å²) in [5, 5.41) is 5.70. The first kappa shape index (κ1) is 16.1. The lowest BCUT2D eigenvalue weighted by Crippen LogP contribution is -2.48. The van der Waals surface area contributed by atoms with Crippen molar-refractivity contribution >= 4 is 17.6 Å². The minimum atomic E-state index is -0.388. The van der Waals surface area contributed by atoms with Crippen molar-refractivity contribution in [2.45, 2.75) is 38.8 Å². The van der Waals surface area contributed by atoms with Crippen LogP contribution in [-0.2, 0) is 4.79 Å². The minimum absolute atomic E-state index is 0.0691. The molecule has 6 heteroatoms. The van der Waals surface area contributed by atoms with Crippen LogP contribution >= 0.6 is 0 Å². The number of carbonyl (C=O) groups excluding carboxylic acids is 2. The minimum Gasteiger partial charge on any atom is -0.497 e. The maximum Gasteiger partial charge on any atom is 0.322 e. The molecule has 0 aromatic heterocycles. The van der Waals surface area contributed by atoms with Crippen LogP contribution in [-0.4, -0.2) is 42.6 Å². The van der Waals surface area contributed by atoms with Gasteiger partial charge in [0.25, 0.3) is 0 Å². The Labute approximate surface area is 130 Å². The van der Waals surface area contributed by atoms with Crippen molar-refractivity contribution in [2.24, 2.45) is 0 Å². The van der Waals surface area contributed by atoms with E-state index in [1.807, 2.05) is 13.8 Å². The summed E-state index contributed by atoms with van der Waals surface area (Å²) in [6.45, 7) is 4.42. The van der Waals surface area contributed by atoms with Crippen molar-refractivity contribution in [3.8, 4) is 5.75 Å². The molecular weight excluding hydrogens is 282 g/mol. The van der Waals surface area contributed by atoms with Gasteiger partial charge < -0.3 is 20.3 Å². The van der Waals surface area contributed by atoms with Crippen molar-refractivity contribution < 1.29 is 14.3 Å². The second-order valence-corrected chi connectivity index (χ2v) is 5.67. The largest absolute Gasteiger partial charge is 0.497 e. The molecule has 0 unspecified atom stereocenters. The molecule has 1 heterocycles. The third-order valence-electron chi connectivity index (χ3n) is 3.59. The van der Waals surface area contributed by atoms with E-state index < -0.39 is 0 Å². The highest BCUT2D eigenvalue weighted by Gasteiger charge is 2.34. The van der Waals surface area contributed by atoms with Crippen LogP contribution in [0.5, 0.6) is 5.75 Å². The second kappa shape index (κ2) is 7.15. The van der Waals surface area contributed by atoms with Crippen molar-refractivity contribution in [3.63, 3.8) is 0 Å². The fraction of sp³-hybridized carbons (Fsp3) is 0.500. The summed E-state index contributed by atoms with van der Waals surface area (Å²) in [7, 11) is 1.59. The molecule has 0 spiro atoms. The maximum absolute atomic E-state index is 12.4. The Kier molecular flexibility index (Phi) is 5.25. The summed E-state index contributed by atoms with van der Waals surface area (Å²) in [5.41, 5.74) is 0.681. The van der Waals surface area contributed by atoms with Crippen LogP contribution < -0.4 is 15.4 Å². The third kappa shape index (κ3) is 3.90. The number of urea groups is 1. The van der Waals surface area contributed by atoms with Crippen LogP contribution in [0.15, 0.2) is 24.3 Å². The number of amides is 3. The fourth-order valence-corrected chi connectivity index (χ4v) is 2.53. The lowest BCUT2D eigenvalue weighted by Gasteiger charge is -2.25. The highest BCUT2D eigenvalue weighted by atomic mass is 16.5. The average Bonchev–Trinajstić information content (AvgIpc) is 2.97. The molecule has 1 saturated heterocycles. The summed E-state index contributed by atoms with van der Waals surface area (Å²) in [5.74, 6) is 0.644. The molecule has 1 aliphatic rings. The van der Waals surface area contributed by atoms with Gasteiger partial charge in [-0.15, -0.1) is 0 Å².